The molecular formula is C22H37N3O3. The van der Waals surface area contributed by atoms with E-state index in [-0.39, 0.29) is 24.5 Å². The second-order valence-corrected chi connectivity index (χ2v) is 8.32. The number of carbonyl (C=O) groups is 2. The van der Waals surface area contributed by atoms with Gasteiger partial charge >= 0.3 is 0 Å². The van der Waals surface area contributed by atoms with Gasteiger partial charge in [0.2, 0.25) is 11.8 Å². The number of nitrogens with one attached hydrogen (secondary N) is 1. The summed E-state index contributed by atoms with van der Waals surface area (Å²) in [6.45, 7) is 10.8. The van der Waals surface area contributed by atoms with E-state index < -0.39 is 0 Å². The van der Waals surface area contributed by atoms with Crippen LogP contribution in [0.5, 0.6) is 0 Å². The first-order valence-corrected chi connectivity index (χ1v) is 9.95. The van der Waals surface area contributed by atoms with Crippen LogP contribution in [-0.2, 0) is 20.9 Å². The molecule has 1 rings (SSSR count). The molecule has 1 N–H and O–H groups in total. The lowest BCUT2D eigenvalue weighted by atomic mass is 10.0. The van der Waals surface area contributed by atoms with Crippen LogP contribution in [0.15, 0.2) is 18.2 Å². The molecule has 0 bridgehead atoms. The van der Waals surface area contributed by atoms with Crippen LogP contribution >= 0.6 is 0 Å². The molecule has 6 nitrogen and oxygen atoms in total. The number of carbonyl (C=O) groups excluding carboxylic acids is 2. The summed E-state index contributed by atoms with van der Waals surface area (Å²) in [5, 5.41) is 2.97. The minimum absolute atomic E-state index is 0.00131. The predicted molar refractivity (Wildman–Crippen MR) is 116 cm³/mol. The highest BCUT2D eigenvalue weighted by atomic mass is 16.5. The van der Waals surface area contributed by atoms with Crippen molar-refractivity contribution in [2.24, 2.45) is 11.8 Å². The smallest absolute Gasteiger partial charge is 0.249 e. The zero-order valence-electron chi connectivity index (χ0n) is 18.7. The summed E-state index contributed by atoms with van der Waals surface area (Å²) in [6, 6.07) is 5.92. The van der Waals surface area contributed by atoms with E-state index in [4.69, 9.17) is 4.74 Å². The normalized spacial score (nSPS) is 12.2. The highest BCUT2D eigenvalue weighted by Gasteiger charge is 2.24. The number of hydrogen-bond donors (Lipinski definition) is 1. The van der Waals surface area contributed by atoms with Crippen molar-refractivity contribution >= 4 is 23.2 Å². The standard InChI is InChI=1S/C22H37N3O3/c1-15(2)11-21(26)23-19-9-10-20(24(6)7)18(12-19)13-25(17(5)16(3)4)22(27)14-28-8/h9-10,12,15-17H,11,13-14H2,1-8H3,(H,23,26). The van der Waals surface area contributed by atoms with Gasteiger partial charge in [-0.3, -0.25) is 9.59 Å². The number of ether oxygens (including phenoxy) is 1. The van der Waals surface area contributed by atoms with Crippen molar-refractivity contribution in [2.45, 2.75) is 53.6 Å². The molecule has 158 valence electrons. The molecule has 0 saturated heterocycles. The second-order valence-electron chi connectivity index (χ2n) is 8.32. The van der Waals surface area contributed by atoms with Gasteiger partial charge in [0.25, 0.3) is 0 Å². The molecule has 0 aromatic heterocycles. The highest BCUT2D eigenvalue weighted by Crippen LogP contribution is 2.26. The number of amides is 2. The third kappa shape index (κ3) is 7.15. The zero-order chi connectivity index (χ0) is 21.4. The fourth-order valence-electron chi connectivity index (χ4n) is 3.02. The quantitative estimate of drug-likeness (QED) is 0.660. The van der Waals surface area contributed by atoms with E-state index in [1.165, 1.54) is 7.11 Å². The summed E-state index contributed by atoms with van der Waals surface area (Å²) < 4.78 is 5.08. The van der Waals surface area contributed by atoms with Crippen LogP contribution in [0.1, 0.15) is 46.6 Å². The summed E-state index contributed by atoms with van der Waals surface area (Å²) in [5.74, 6) is 0.580. The van der Waals surface area contributed by atoms with Crippen LogP contribution in [0.2, 0.25) is 0 Å². The molecule has 0 fully saturated rings. The van der Waals surface area contributed by atoms with Crippen molar-refractivity contribution in [3.63, 3.8) is 0 Å². The second kappa shape index (κ2) is 11.1. The first-order valence-electron chi connectivity index (χ1n) is 9.95. The van der Waals surface area contributed by atoms with Gasteiger partial charge in [-0.1, -0.05) is 27.7 Å². The fraction of sp³-hybridized carbons (Fsp3) is 0.636. The number of nitrogens with zero attached hydrogens (tertiary/aromatic N) is 2. The molecular weight excluding hydrogens is 354 g/mol. The van der Waals surface area contributed by atoms with Gasteiger partial charge in [-0.2, -0.15) is 0 Å². The van der Waals surface area contributed by atoms with E-state index in [1.807, 2.05) is 55.9 Å². The highest BCUT2D eigenvalue weighted by molar-refractivity contribution is 5.91. The van der Waals surface area contributed by atoms with E-state index >= 15 is 0 Å². The van der Waals surface area contributed by atoms with Gasteiger partial charge in [-0.05, 0) is 42.5 Å². The Morgan fingerprint density at radius 2 is 1.75 bits per heavy atom. The van der Waals surface area contributed by atoms with Crippen molar-refractivity contribution in [1.29, 1.82) is 0 Å². The van der Waals surface area contributed by atoms with Gasteiger partial charge in [-0.15, -0.1) is 0 Å². The monoisotopic (exact) mass is 391 g/mol. The largest absolute Gasteiger partial charge is 0.377 e. The minimum Gasteiger partial charge on any atom is -0.377 e. The lowest BCUT2D eigenvalue weighted by molar-refractivity contribution is -0.138. The topological polar surface area (TPSA) is 61.9 Å². The lowest BCUT2D eigenvalue weighted by Crippen LogP contribution is -2.43. The number of rotatable bonds is 10. The van der Waals surface area contributed by atoms with Crippen LogP contribution in [0.4, 0.5) is 11.4 Å². The van der Waals surface area contributed by atoms with Gasteiger partial charge in [0, 0.05) is 51.6 Å². The number of anilines is 2. The first-order chi connectivity index (χ1) is 13.1. The van der Waals surface area contributed by atoms with E-state index in [9.17, 15) is 9.59 Å². The van der Waals surface area contributed by atoms with E-state index in [0.717, 1.165) is 16.9 Å². The molecule has 28 heavy (non-hydrogen) atoms. The molecule has 0 aliphatic heterocycles. The molecule has 1 atom stereocenters. The average Bonchev–Trinajstić information content (AvgIpc) is 2.58. The third-order valence-corrected chi connectivity index (χ3v) is 4.82. The predicted octanol–water partition coefficient (Wildman–Crippen LogP) is 3.76. The molecule has 0 radical (unpaired) electrons. The van der Waals surface area contributed by atoms with Gasteiger partial charge < -0.3 is 19.9 Å². The number of benzene rings is 1. The van der Waals surface area contributed by atoms with Crippen LogP contribution < -0.4 is 10.2 Å². The molecule has 1 unspecified atom stereocenters. The Hall–Kier alpha value is -2.08. The maximum absolute atomic E-state index is 12.7. The van der Waals surface area contributed by atoms with E-state index in [2.05, 4.69) is 26.1 Å². The van der Waals surface area contributed by atoms with E-state index in [1.54, 1.807) is 0 Å². The SMILES string of the molecule is COCC(=O)N(Cc1cc(NC(=O)CC(C)C)ccc1N(C)C)C(C)C(C)C. The van der Waals surface area contributed by atoms with Crippen molar-refractivity contribution in [3.8, 4) is 0 Å². The van der Waals surface area contributed by atoms with Crippen LogP contribution in [0, 0.1) is 11.8 Å². The molecule has 0 heterocycles. The molecule has 2 amide bonds. The summed E-state index contributed by atoms with van der Waals surface area (Å²) in [6.07, 6.45) is 0.480. The Morgan fingerprint density at radius 3 is 2.25 bits per heavy atom. The van der Waals surface area contributed by atoms with Crippen LogP contribution in [-0.4, -0.2) is 50.6 Å². The average molecular weight is 392 g/mol. The Labute approximate surface area is 170 Å². The molecule has 0 spiro atoms. The fourth-order valence-corrected chi connectivity index (χ4v) is 3.02. The molecule has 1 aromatic carbocycles. The number of methoxy groups -OCH3 is 1. The maximum Gasteiger partial charge on any atom is 0.249 e. The van der Waals surface area contributed by atoms with Crippen LogP contribution in [0.3, 0.4) is 0 Å². The van der Waals surface area contributed by atoms with E-state index in [0.29, 0.717) is 24.8 Å². The number of hydrogen-bond acceptors (Lipinski definition) is 4. The summed E-state index contributed by atoms with van der Waals surface area (Å²) in [4.78, 5) is 28.7. The van der Waals surface area contributed by atoms with Crippen molar-refractivity contribution in [1.82, 2.24) is 4.90 Å². The van der Waals surface area contributed by atoms with Gasteiger partial charge in [-0.25, -0.2) is 0 Å². The van der Waals surface area contributed by atoms with Gasteiger partial charge in [0.1, 0.15) is 6.61 Å². The van der Waals surface area contributed by atoms with Crippen molar-refractivity contribution in [3.05, 3.63) is 23.8 Å². The summed E-state index contributed by atoms with van der Waals surface area (Å²) >= 11 is 0. The summed E-state index contributed by atoms with van der Waals surface area (Å²) in [5.41, 5.74) is 2.76. The Bertz CT molecular complexity index is 656. The first kappa shape index (κ1) is 24.0. The molecule has 1 aromatic rings. The van der Waals surface area contributed by atoms with Crippen molar-refractivity contribution in [2.75, 3.05) is 38.0 Å². The minimum atomic E-state index is -0.0392. The Morgan fingerprint density at radius 1 is 1.11 bits per heavy atom. The van der Waals surface area contributed by atoms with Gasteiger partial charge in [0.05, 0.1) is 0 Å². The molecule has 0 aliphatic rings. The maximum atomic E-state index is 12.7. The van der Waals surface area contributed by atoms with Gasteiger partial charge in [0.15, 0.2) is 0 Å². The molecule has 0 saturated carbocycles. The van der Waals surface area contributed by atoms with Crippen LogP contribution in [0.25, 0.3) is 0 Å². The third-order valence-electron chi connectivity index (χ3n) is 4.82. The zero-order valence-corrected chi connectivity index (χ0v) is 18.7. The molecule has 6 heteroatoms. The Balaban J connectivity index is 3.19. The Kier molecular flexibility index (Phi) is 9.46. The lowest BCUT2D eigenvalue weighted by Gasteiger charge is -2.33. The molecule has 0 aliphatic carbocycles. The van der Waals surface area contributed by atoms with Crippen molar-refractivity contribution < 1.29 is 14.3 Å². The summed E-state index contributed by atoms with van der Waals surface area (Å²) in [7, 11) is 5.48.